The fraction of sp³-hybridized carbons (Fsp3) is 0.444. The smallest absolute Gasteiger partial charge is 0.346 e. The van der Waals surface area contributed by atoms with E-state index in [9.17, 15) is 19.2 Å². The normalized spacial score (nSPS) is 36.5. The number of allylic oxidation sites excluding steroid dienone is 1. The predicted octanol–water partition coefficient (Wildman–Crippen LogP) is 2.00. The predicted molar refractivity (Wildman–Crippen MR) is 82.1 cm³/mol. The second kappa shape index (κ2) is 4.32. The minimum Gasteiger partial charge on any atom is -0.392 e. The van der Waals surface area contributed by atoms with Gasteiger partial charge in [-0.25, -0.2) is 4.79 Å². The van der Waals surface area contributed by atoms with Gasteiger partial charge in [0.1, 0.15) is 10.8 Å². The Morgan fingerprint density at radius 2 is 1.42 bits per heavy atom. The molecular weight excluding hydrogens is 312 g/mol. The Bertz CT molecular complexity index is 824. The van der Waals surface area contributed by atoms with Gasteiger partial charge in [0.25, 0.3) is 0 Å². The van der Waals surface area contributed by atoms with Crippen LogP contribution in [0, 0.1) is 16.2 Å². The summed E-state index contributed by atoms with van der Waals surface area (Å²) in [5.74, 6) is -2.70. The van der Waals surface area contributed by atoms with Crippen LogP contribution in [0.15, 0.2) is 34.9 Å². The number of carbonyl (C=O) groups is 4. The molecule has 2 fully saturated rings. The number of fused-ring (bicyclic) bond motifs is 1. The monoisotopic (exact) mass is 330 g/mol. The molecule has 1 aliphatic carbocycles. The third kappa shape index (κ3) is 1.51. The quantitative estimate of drug-likeness (QED) is 0.415. The number of rotatable bonds is 1. The molecule has 3 rings (SSSR count). The number of hydrogen-bond donors (Lipinski definition) is 0. The zero-order valence-electron chi connectivity index (χ0n) is 14.2. The van der Waals surface area contributed by atoms with Crippen LogP contribution in [0.2, 0.25) is 0 Å². The summed E-state index contributed by atoms with van der Waals surface area (Å²) >= 11 is 0. The van der Waals surface area contributed by atoms with Crippen LogP contribution in [0.4, 0.5) is 0 Å². The Hall–Kier alpha value is -2.50. The lowest BCUT2D eigenvalue weighted by Crippen LogP contribution is -2.51. The van der Waals surface area contributed by atoms with Crippen molar-refractivity contribution < 1.29 is 28.7 Å². The van der Waals surface area contributed by atoms with Crippen LogP contribution >= 0.6 is 0 Å². The number of hydrogen-bond acceptors (Lipinski definition) is 6. The first-order chi connectivity index (χ1) is 10.9. The number of cyclic esters (lactones) is 4. The molecule has 2 saturated heterocycles. The number of esters is 4. The molecule has 0 radical (unpaired) electrons. The molecule has 0 saturated carbocycles. The summed E-state index contributed by atoms with van der Waals surface area (Å²) in [4.78, 5) is 48.2. The van der Waals surface area contributed by atoms with Gasteiger partial charge < -0.3 is 9.47 Å². The third-order valence-electron chi connectivity index (χ3n) is 5.98. The van der Waals surface area contributed by atoms with Gasteiger partial charge in [-0.2, -0.15) is 0 Å². The largest absolute Gasteiger partial charge is 0.392 e. The lowest BCUT2D eigenvalue weighted by molar-refractivity contribution is -0.165. The van der Waals surface area contributed by atoms with Crippen LogP contribution in [-0.2, 0) is 28.7 Å². The average Bonchev–Trinajstić information content (AvgIpc) is 2.65. The van der Waals surface area contributed by atoms with Gasteiger partial charge in [-0.05, 0) is 51.8 Å². The van der Waals surface area contributed by atoms with E-state index in [-0.39, 0.29) is 5.57 Å². The van der Waals surface area contributed by atoms with E-state index in [1.165, 1.54) is 6.08 Å². The van der Waals surface area contributed by atoms with Crippen LogP contribution in [0.5, 0.6) is 0 Å². The Balaban J connectivity index is 2.14. The van der Waals surface area contributed by atoms with Gasteiger partial charge >= 0.3 is 23.9 Å². The lowest BCUT2D eigenvalue weighted by atomic mass is 9.49. The van der Waals surface area contributed by atoms with Gasteiger partial charge in [-0.3, -0.25) is 14.4 Å². The zero-order chi connectivity index (χ0) is 18.2. The standard InChI is InChI=1S/C18H18O6/c1-8-10(12(19)23-13(20)16(8,3)4)7-11-9(2)17(5)14(21)24-15(22)18(11,17)6/h7H,1H2,2-6H3/b10-7+. The highest BCUT2D eigenvalue weighted by Gasteiger charge is 2.72. The summed E-state index contributed by atoms with van der Waals surface area (Å²) in [7, 11) is 0. The van der Waals surface area contributed by atoms with Crippen LogP contribution in [0.25, 0.3) is 0 Å². The highest BCUT2D eigenvalue weighted by Crippen LogP contribution is 2.65. The maximum atomic E-state index is 12.2. The molecule has 6 nitrogen and oxygen atoms in total. The van der Waals surface area contributed by atoms with Gasteiger partial charge in [0, 0.05) is 0 Å². The summed E-state index contributed by atoms with van der Waals surface area (Å²) in [5.41, 5.74) is -1.62. The Morgan fingerprint density at radius 1 is 0.875 bits per heavy atom. The Labute approximate surface area is 139 Å². The van der Waals surface area contributed by atoms with E-state index < -0.39 is 40.1 Å². The molecule has 6 heteroatoms. The van der Waals surface area contributed by atoms with Crippen molar-refractivity contribution in [2.75, 3.05) is 0 Å². The zero-order valence-corrected chi connectivity index (χ0v) is 14.2. The van der Waals surface area contributed by atoms with Crippen LogP contribution in [0.1, 0.15) is 34.6 Å². The summed E-state index contributed by atoms with van der Waals surface area (Å²) in [5, 5.41) is 0. The van der Waals surface area contributed by atoms with Gasteiger partial charge in [0.15, 0.2) is 0 Å². The molecule has 24 heavy (non-hydrogen) atoms. The fourth-order valence-electron chi connectivity index (χ4n) is 3.58. The summed E-state index contributed by atoms with van der Waals surface area (Å²) in [6, 6.07) is 0. The molecule has 2 heterocycles. The van der Waals surface area contributed by atoms with Crippen LogP contribution in [-0.4, -0.2) is 23.9 Å². The highest BCUT2D eigenvalue weighted by molar-refractivity contribution is 6.11. The SMILES string of the molecule is C=C1/C(=C\C2=C(C)C3(C)C(=O)OC(=O)C23C)C(=O)OC(=O)C1(C)C. The van der Waals surface area contributed by atoms with E-state index in [4.69, 9.17) is 9.47 Å². The molecule has 3 aliphatic rings. The molecule has 0 bridgehead atoms. The van der Waals surface area contributed by atoms with Crippen molar-refractivity contribution in [2.24, 2.45) is 16.2 Å². The van der Waals surface area contributed by atoms with Crippen molar-refractivity contribution in [3.63, 3.8) is 0 Å². The molecule has 0 N–H and O–H groups in total. The molecule has 126 valence electrons. The summed E-state index contributed by atoms with van der Waals surface area (Å²) in [6.07, 6.45) is 1.50. The van der Waals surface area contributed by atoms with Crippen molar-refractivity contribution in [1.82, 2.24) is 0 Å². The van der Waals surface area contributed by atoms with Crippen molar-refractivity contribution in [2.45, 2.75) is 34.6 Å². The molecule has 2 atom stereocenters. The summed E-state index contributed by atoms with van der Waals surface area (Å²) in [6.45, 7) is 12.1. The molecule has 0 aromatic rings. The second-order valence-electron chi connectivity index (χ2n) is 7.30. The first kappa shape index (κ1) is 16.4. The first-order valence-corrected chi connectivity index (χ1v) is 7.56. The number of carbonyl (C=O) groups excluding carboxylic acids is 4. The highest BCUT2D eigenvalue weighted by atomic mass is 16.6. The van der Waals surface area contributed by atoms with Gasteiger partial charge in [0.2, 0.25) is 0 Å². The lowest BCUT2D eigenvalue weighted by Gasteiger charge is -2.47. The molecule has 0 aromatic heterocycles. The summed E-state index contributed by atoms with van der Waals surface area (Å²) < 4.78 is 9.61. The van der Waals surface area contributed by atoms with Gasteiger partial charge in [-0.15, -0.1) is 0 Å². The maximum absolute atomic E-state index is 12.2. The van der Waals surface area contributed by atoms with Crippen molar-refractivity contribution in [1.29, 1.82) is 0 Å². The molecule has 2 aliphatic heterocycles. The van der Waals surface area contributed by atoms with E-state index in [2.05, 4.69) is 6.58 Å². The van der Waals surface area contributed by atoms with Crippen molar-refractivity contribution in [3.05, 3.63) is 34.9 Å². The minimum absolute atomic E-state index is 0.129. The van der Waals surface area contributed by atoms with Gasteiger partial charge in [0.05, 0.1) is 11.0 Å². The van der Waals surface area contributed by atoms with Crippen molar-refractivity contribution >= 4 is 23.9 Å². The van der Waals surface area contributed by atoms with E-state index >= 15 is 0 Å². The molecular formula is C18H18O6. The van der Waals surface area contributed by atoms with Crippen molar-refractivity contribution in [3.8, 4) is 0 Å². The third-order valence-corrected chi connectivity index (χ3v) is 5.98. The Morgan fingerprint density at radius 3 is 2.00 bits per heavy atom. The van der Waals surface area contributed by atoms with E-state index in [1.807, 2.05) is 0 Å². The van der Waals surface area contributed by atoms with Gasteiger partial charge in [-0.1, -0.05) is 12.2 Å². The average molecular weight is 330 g/mol. The minimum atomic E-state index is -1.16. The molecule has 2 unspecified atom stereocenters. The fourth-order valence-corrected chi connectivity index (χ4v) is 3.58. The van der Waals surface area contributed by atoms with Crippen LogP contribution < -0.4 is 0 Å². The van der Waals surface area contributed by atoms with E-state index in [1.54, 1.807) is 34.6 Å². The molecule has 0 spiro atoms. The topological polar surface area (TPSA) is 86.7 Å². The molecule has 0 aromatic carbocycles. The molecule has 0 amide bonds. The van der Waals surface area contributed by atoms with E-state index in [0.29, 0.717) is 16.7 Å². The maximum Gasteiger partial charge on any atom is 0.346 e. The van der Waals surface area contributed by atoms with E-state index in [0.717, 1.165) is 0 Å². The second-order valence-corrected chi connectivity index (χ2v) is 7.30. The Kier molecular flexibility index (Phi) is 2.94. The number of ether oxygens (including phenoxy) is 2. The van der Waals surface area contributed by atoms with Crippen LogP contribution in [0.3, 0.4) is 0 Å². The first-order valence-electron chi connectivity index (χ1n) is 7.56.